The molecule has 1 atom stereocenters. The van der Waals surface area contributed by atoms with Crippen LogP contribution in [0.15, 0.2) is 15.9 Å². The van der Waals surface area contributed by atoms with Gasteiger partial charge < -0.3 is 5.32 Å². The second-order valence-corrected chi connectivity index (χ2v) is 6.19. The Morgan fingerprint density at radius 3 is 2.60 bits per heavy atom. The number of hydrogen-bond donors (Lipinski definition) is 1. The van der Waals surface area contributed by atoms with Gasteiger partial charge in [-0.3, -0.25) is 0 Å². The number of nitrogens with one attached hydrogen (secondary N) is 1. The smallest absolute Gasteiger partial charge is 0.0412 e. The molecule has 0 aliphatic carbocycles. The van der Waals surface area contributed by atoms with Crippen molar-refractivity contribution in [2.24, 2.45) is 5.92 Å². The van der Waals surface area contributed by atoms with E-state index in [1.54, 1.807) is 0 Å². The van der Waals surface area contributed by atoms with Gasteiger partial charge in [0.1, 0.15) is 0 Å². The zero-order valence-electron chi connectivity index (χ0n) is 9.72. The number of thiophene rings is 1. The molecule has 0 saturated carbocycles. The number of rotatable bonds is 6. The standard InChI is InChI=1S/C12H20BrNS/c1-9(2)5-4-6-11(14-3)12-7-10(13)8-15-12/h7-9,11,14H,4-6H2,1-3H3. The van der Waals surface area contributed by atoms with E-state index in [2.05, 4.69) is 46.5 Å². The molecular weight excluding hydrogens is 270 g/mol. The van der Waals surface area contributed by atoms with Crippen molar-refractivity contribution in [3.63, 3.8) is 0 Å². The topological polar surface area (TPSA) is 12.0 Å². The van der Waals surface area contributed by atoms with Gasteiger partial charge in [-0.15, -0.1) is 11.3 Å². The van der Waals surface area contributed by atoms with E-state index in [4.69, 9.17) is 0 Å². The molecule has 1 aromatic heterocycles. The Labute approximate surface area is 105 Å². The predicted octanol–water partition coefficient (Wildman–Crippen LogP) is 4.60. The van der Waals surface area contributed by atoms with Crippen molar-refractivity contribution in [2.45, 2.75) is 39.2 Å². The molecule has 1 nitrogen and oxygen atoms in total. The molecule has 0 aromatic carbocycles. The molecule has 1 N–H and O–H groups in total. The van der Waals surface area contributed by atoms with Crippen molar-refractivity contribution in [1.82, 2.24) is 5.32 Å². The highest BCUT2D eigenvalue weighted by Gasteiger charge is 2.11. The predicted molar refractivity (Wildman–Crippen MR) is 72.5 cm³/mol. The van der Waals surface area contributed by atoms with Gasteiger partial charge in [0.15, 0.2) is 0 Å². The molecule has 0 fully saturated rings. The minimum Gasteiger partial charge on any atom is -0.312 e. The summed E-state index contributed by atoms with van der Waals surface area (Å²) in [6, 6.07) is 2.75. The van der Waals surface area contributed by atoms with Gasteiger partial charge in [-0.25, -0.2) is 0 Å². The van der Waals surface area contributed by atoms with Crippen molar-refractivity contribution in [2.75, 3.05) is 7.05 Å². The summed E-state index contributed by atoms with van der Waals surface area (Å²) in [6.45, 7) is 4.58. The van der Waals surface area contributed by atoms with E-state index in [0.29, 0.717) is 6.04 Å². The monoisotopic (exact) mass is 289 g/mol. The van der Waals surface area contributed by atoms with Crippen LogP contribution in [0.2, 0.25) is 0 Å². The Morgan fingerprint density at radius 2 is 2.13 bits per heavy atom. The Hall–Kier alpha value is 0.140. The molecule has 0 bridgehead atoms. The Morgan fingerprint density at radius 1 is 1.40 bits per heavy atom. The molecule has 0 radical (unpaired) electrons. The first-order valence-electron chi connectivity index (χ1n) is 5.54. The van der Waals surface area contributed by atoms with Crippen LogP contribution in [0.1, 0.15) is 44.0 Å². The zero-order valence-corrected chi connectivity index (χ0v) is 12.1. The van der Waals surface area contributed by atoms with E-state index in [1.165, 1.54) is 28.6 Å². The molecule has 86 valence electrons. The van der Waals surface area contributed by atoms with Crippen LogP contribution >= 0.6 is 27.3 Å². The summed E-state index contributed by atoms with van der Waals surface area (Å²) >= 11 is 5.34. The fourth-order valence-electron chi connectivity index (χ4n) is 1.67. The van der Waals surface area contributed by atoms with Crippen LogP contribution in [0.4, 0.5) is 0 Å². The lowest BCUT2D eigenvalue weighted by atomic mass is 10.0. The van der Waals surface area contributed by atoms with Crippen LogP contribution in [-0.2, 0) is 0 Å². The second-order valence-electron chi connectivity index (χ2n) is 4.33. The van der Waals surface area contributed by atoms with Gasteiger partial charge in [0, 0.05) is 20.8 Å². The summed E-state index contributed by atoms with van der Waals surface area (Å²) in [5, 5.41) is 5.55. The minimum absolute atomic E-state index is 0.528. The van der Waals surface area contributed by atoms with Crippen LogP contribution in [0.25, 0.3) is 0 Å². The quantitative estimate of drug-likeness (QED) is 0.807. The SMILES string of the molecule is CNC(CCCC(C)C)c1cc(Br)cs1. The average molecular weight is 290 g/mol. The third-order valence-electron chi connectivity index (χ3n) is 2.55. The molecular formula is C12H20BrNS. The molecule has 0 amide bonds. The summed E-state index contributed by atoms with van der Waals surface area (Å²) < 4.78 is 1.20. The van der Waals surface area contributed by atoms with Crippen LogP contribution in [0.3, 0.4) is 0 Å². The molecule has 0 aliphatic heterocycles. The first-order valence-corrected chi connectivity index (χ1v) is 7.22. The third-order valence-corrected chi connectivity index (χ3v) is 4.36. The van der Waals surface area contributed by atoms with Gasteiger partial charge in [0.05, 0.1) is 0 Å². The summed E-state index contributed by atoms with van der Waals surface area (Å²) in [5.74, 6) is 0.817. The van der Waals surface area contributed by atoms with Crippen molar-refractivity contribution >= 4 is 27.3 Å². The molecule has 1 heterocycles. The lowest BCUT2D eigenvalue weighted by molar-refractivity contribution is 0.474. The first kappa shape index (κ1) is 13.2. The van der Waals surface area contributed by atoms with E-state index in [1.807, 2.05) is 18.4 Å². The Kier molecular flexibility index (Phi) is 5.87. The van der Waals surface area contributed by atoms with Crippen molar-refractivity contribution in [3.05, 3.63) is 20.8 Å². The fourth-order valence-corrected chi connectivity index (χ4v) is 3.26. The van der Waals surface area contributed by atoms with Crippen LogP contribution in [0, 0.1) is 5.92 Å². The zero-order chi connectivity index (χ0) is 11.3. The van der Waals surface area contributed by atoms with Crippen molar-refractivity contribution in [3.8, 4) is 0 Å². The van der Waals surface area contributed by atoms with Gasteiger partial charge in [0.2, 0.25) is 0 Å². The van der Waals surface area contributed by atoms with E-state index >= 15 is 0 Å². The molecule has 1 unspecified atom stereocenters. The summed E-state index contributed by atoms with van der Waals surface area (Å²) in [6.07, 6.45) is 3.87. The first-order chi connectivity index (χ1) is 7.13. The highest BCUT2D eigenvalue weighted by atomic mass is 79.9. The van der Waals surface area contributed by atoms with E-state index < -0.39 is 0 Å². The Balaban J connectivity index is 2.42. The lowest BCUT2D eigenvalue weighted by Gasteiger charge is -2.14. The van der Waals surface area contributed by atoms with Gasteiger partial charge in [0.25, 0.3) is 0 Å². The van der Waals surface area contributed by atoms with Crippen LogP contribution in [0.5, 0.6) is 0 Å². The second kappa shape index (κ2) is 6.66. The highest BCUT2D eigenvalue weighted by molar-refractivity contribution is 9.10. The fraction of sp³-hybridized carbons (Fsp3) is 0.667. The molecule has 0 saturated heterocycles. The molecule has 1 aromatic rings. The highest BCUT2D eigenvalue weighted by Crippen LogP contribution is 2.28. The molecule has 1 rings (SSSR count). The average Bonchev–Trinajstić information content (AvgIpc) is 2.59. The maximum atomic E-state index is 3.50. The largest absolute Gasteiger partial charge is 0.312 e. The van der Waals surface area contributed by atoms with Gasteiger partial charge in [-0.1, -0.05) is 26.7 Å². The molecule has 3 heteroatoms. The van der Waals surface area contributed by atoms with E-state index in [9.17, 15) is 0 Å². The van der Waals surface area contributed by atoms with Gasteiger partial charge >= 0.3 is 0 Å². The van der Waals surface area contributed by atoms with E-state index in [0.717, 1.165) is 5.92 Å². The van der Waals surface area contributed by atoms with Crippen LogP contribution in [-0.4, -0.2) is 7.05 Å². The lowest BCUT2D eigenvalue weighted by Crippen LogP contribution is -2.15. The minimum atomic E-state index is 0.528. The molecule has 0 aliphatic rings. The maximum Gasteiger partial charge on any atom is 0.0412 e. The van der Waals surface area contributed by atoms with Crippen molar-refractivity contribution < 1.29 is 0 Å². The van der Waals surface area contributed by atoms with Gasteiger partial charge in [-0.2, -0.15) is 0 Å². The normalized spacial score (nSPS) is 13.4. The summed E-state index contributed by atoms with van der Waals surface area (Å²) in [5.41, 5.74) is 0. The Bertz CT molecular complexity index is 283. The summed E-state index contributed by atoms with van der Waals surface area (Å²) in [4.78, 5) is 1.44. The van der Waals surface area contributed by atoms with E-state index in [-0.39, 0.29) is 0 Å². The van der Waals surface area contributed by atoms with Gasteiger partial charge in [-0.05, 0) is 41.4 Å². The third kappa shape index (κ3) is 4.66. The maximum absolute atomic E-state index is 3.50. The number of halogens is 1. The number of hydrogen-bond acceptors (Lipinski definition) is 2. The summed E-state index contributed by atoms with van der Waals surface area (Å²) in [7, 11) is 2.05. The van der Waals surface area contributed by atoms with Crippen LogP contribution < -0.4 is 5.32 Å². The molecule has 0 spiro atoms. The molecule has 15 heavy (non-hydrogen) atoms. The van der Waals surface area contributed by atoms with Crippen molar-refractivity contribution in [1.29, 1.82) is 0 Å².